The van der Waals surface area contributed by atoms with Gasteiger partial charge in [0.2, 0.25) is 0 Å². The van der Waals surface area contributed by atoms with E-state index in [9.17, 15) is 9.90 Å². The van der Waals surface area contributed by atoms with Crippen molar-refractivity contribution in [2.24, 2.45) is 5.92 Å². The van der Waals surface area contributed by atoms with Gasteiger partial charge < -0.3 is 15.7 Å². The number of nitrogen functional groups attached to an aromatic ring is 1. The smallest absolute Gasteiger partial charge is 0.167 e. The SMILES string of the molecule is Nc1ccc2c(c1)C(=O)C(CN1CCC(O)(c3ccccc3)CC1)CC2. The normalized spacial score (nSPS) is 22.8. The largest absolute Gasteiger partial charge is 0.399 e. The first-order valence-electron chi connectivity index (χ1n) is 9.48. The third-order valence-corrected chi connectivity index (χ3v) is 6.01. The third-order valence-electron chi connectivity index (χ3n) is 6.01. The number of aliphatic hydroxyl groups is 1. The van der Waals surface area contributed by atoms with Crippen LogP contribution in [0.25, 0.3) is 0 Å². The number of likely N-dealkylation sites (tertiary alicyclic amines) is 1. The maximum absolute atomic E-state index is 12.9. The Hall–Kier alpha value is -2.17. The average molecular weight is 350 g/mol. The van der Waals surface area contributed by atoms with E-state index < -0.39 is 5.60 Å². The first-order valence-corrected chi connectivity index (χ1v) is 9.48. The van der Waals surface area contributed by atoms with Crippen molar-refractivity contribution in [2.75, 3.05) is 25.4 Å². The number of rotatable bonds is 3. The van der Waals surface area contributed by atoms with Crippen molar-refractivity contribution in [2.45, 2.75) is 31.3 Å². The first kappa shape index (κ1) is 17.3. The zero-order valence-electron chi connectivity index (χ0n) is 15.0. The molecule has 0 aromatic heterocycles. The Labute approximate surface area is 154 Å². The van der Waals surface area contributed by atoms with Crippen LogP contribution in [0, 0.1) is 5.92 Å². The van der Waals surface area contributed by atoms with Crippen molar-refractivity contribution in [3.8, 4) is 0 Å². The summed E-state index contributed by atoms with van der Waals surface area (Å²) >= 11 is 0. The van der Waals surface area contributed by atoms with Crippen LogP contribution in [-0.2, 0) is 12.0 Å². The van der Waals surface area contributed by atoms with Gasteiger partial charge in [-0.15, -0.1) is 0 Å². The molecule has 1 aliphatic heterocycles. The van der Waals surface area contributed by atoms with Crippen LogP contribution in [0.1, 0.15) is 40.7 Å². The number of ketones is 1. The molecule has 2 aliphatic rings. The summed E-state index contributed by atoms with van der Waals surface area (Å²) in [5, 5.41) is 11.0. The van der Waals surface area contributed by atoms with Crippen molar-refractivity contribution < 1.29 is 9.90 Å². The topological polar surface area (TPSA) is 66.6 Å². The first-order chi connectivity index (χ1) is 12.5. The van der Waals surface area contributed by atoms with Crippen molar-refractivity contribution in [3.63, 3.8) is 0 Å². The molecule has 1 saturated heterocycles. The van der Waals surface area contributed by atoms with E-state index in [1.54, 1.807) is 0 Å². The molecule has 136 valence electrons. The van der Waals surface area contributed by atoms with E-state index in [1.165, 1.54) is 0 Å². The summed E-state index contributed by atoms with van der Waals surface area (Å²) in [4.78, 5) is 15.2. The van der Waals surface area contributed by atoms with E-state index in [2.05, 4.69) is 4.90 Å². The Balaban J connectivity index is 1.40. The van der Waals surface area contributed by atoms with Gasteiger partial charge >= 0.3 is 0 Å². The molecule has 4 heteroatoms. The fraction of sp³-hybridized carbons (Fsp3) is 0.409. The van der Waals surface area contributed by atoms with E-state index >= 15 is 0 Å². The van der Waals surface area contributed by atoms with E-state index in [1.807, 2.05) is 48.5 Å². The number of benzene rings is 2. The number of fused-ring (bicyclic) bond motifs is 1. The van der Waals surface area contributed by atoms with Gasteiger partial charge in [-0.1, -0.05) is 36.4 Å². The van der Waals surface area contributed by atoms with Gasteiger partial charge in [0.15, 0.2) is 5.78 Å². The average Bonchev–Trinajstić information content (AvgIpc) is 2.67. The summed E-state index contributed by atoms with van der Waals surface area (Å²) in [5.41, 5.74) is 8.71. The lowest BCUT2D eigenvalue weighted by molar-refractivity contribution is -0.0283. The van der Waals surface area contributed by atoms with E-state index in [-0.39, 0.29) is 11.7 Å². The third kappa shape index (κ3) is 3.27. The maximum atomic E-state index is 12.9. The highest BCUT2D eigenvalue weighted by Gasteiger charge is 2.36. The van der Waals surface area contributed by atoms with Crippen LogP contribution in [0.15, 0.2) is 48.5 Å². The van der Waals surface area contributed by atoms with Crippen LogP contribution in [0.5, 0.6) is 0 Å². The molecule has 0 spiro atoms. The van der Waals surface area contributed by atoms with Gasteiger partial charge in [-0.3, -0.25) is 4.79 Å². The highest BCUT2D eigenvalue weighted by Crippen LogP contribution is 2.34. The molecular weight excluding hydrogens is 324 g/mol. The summed E-state index contributed by atoms with van der Waals surface area (Å²) in [6, 6.07) is 15.6. The van der Waals surface area contributed by atoms with E-state index in [0.717, 1.165) is 49.2 Å². The minimum atomic E-state index is -0.741. The van der Waals surface area contributed by atoms with Gasteiger partial charge in [0.1, 0.15) is 0 Å². The van der Waals surface area contributed by atoms with E-state index in [0.29, 0.717) is 18.5 Å². The Morgan fingerprint density at radius 3 is 2.58 bits per heavy atom. The van der Waals surface area contributed by atoms with Crippen LogP contribution in [-0.4, -0.2) is 35.4 Å². The number of nitrogens with two attached hydrogens (primary N) is 1. The van der Waals surface area contributed by atoms with Crippen LogP contribution in [0.4, 0.5) is 5.69 Å². The van der Waals surface area contributed by atoms with Crippen LogP contribution in [0.3, 0.4) is 0 Å². The van der Waals surface area contributed by atoms with Crippen LogP contribution < -0.4 is 5.73 Å². The predicted molar refractivity (Wildman–Crippen MR) is 103 cm³/mol. The van der Waals surface area contributed by atoms with Crippen molar-refractivity contribution in [3.05, 3.63) is 65.2 Å². The number of piperidine rings is 1. The summed E-state index contributed by atoms with van der Waals surface area (Å²) in [7, 11) is 0. The minimum absolute atomic E-state index is 0.0345. The zero-order chi connectivity index (χ0) is 18.1. The molecular formula is C22H26N2O2. The highest BCUT2D eigenvalue weighted by atomic mass is 16.3. The molecule has 0 saturated carbocycles. The molecule has 1 fully saturated rings. The van der Waals surface area contributed by atoms with Gasteiger partial charge in [0, 0.05) is 36.8 Å². The number of hydrogen-bond donors (Lipinski definition) is 2. The lowest BCUT2D eigenvalue weighted by atomic mass is 9.81. The second kappa shape index (κ2) is 6.86. The second-order valence-corrected chi connectivity index (χ2v) is 7.71. The Morgan fingerprint density at radius 1 is 1.12 bits per heavy atom. The van der Waals surface area contributed by atoms with Crippen molar-refractivity contribution in [1.82, 2.24) is 4.90 Å². The molecule has 1 aliphatic carbocycles. The van der Waals surface area contributed by atoms with Crippen molar-refractivity contribution >= 4 is 11.5 Å². The molecule has 3 N–H and O–H groups in total. The van der Waals surface area contributed by atoms with Gasteiger partial charge in [0.05, 0.1) is 5.60 Å². The summed E-state index contributed by atoms with van der Waals surface area (Å²) < 4.78 is 0. The highest BCUT2D eigenvalue weighted by molar-refractivity contribution is 6.01. The zero-order valence-corrected chi connectivity index (χ0v) is 15.0. The molecule has 26 heavy (non-hydrogen) atoms. The second-order valence-electron chi connectivity index (χ2n) is 7.71. The number of hydrogen-bond acceptors (Lipinski definition) is 4. The number of carbonyl (C=O) groups is 1. The van der Waals surface area contributed by atoms with E-state index in [4.69, 9.17) is 5.73 Å². The summed E-state index contributed by atoms with van der Waals surface area (Å²) in [6.07, 6.45) is 3.26. The number of nitrogens with zero attached hydrogens (tertiary/aromatic N) is 1. The lowest BCUT2D eigenvalue weighted by Crippen LogP contribution is -2.45. The molecule has 1 heterocycles. The maximum Gasteiger partial charge on any atom is 0.167 e. The Morgan fingerprint density at radius 2 is 1.85 bits per heavy atom. The van der Waals surface area contributed by atoms with Gasteiger partial charge in [-0.2, -0.15) is 0 Å². The van der Waals surface area contributed by atoms with Gasteiger partial charge in [-0.25, -0.2) is 0 Å². The molecule has 1 unspecified atom stereocenters. The molecule has 0 radical (unpaired) electrons. The Kier molecular flexibility index (Phi) is 4.55. The minimum Gasteiger partial charge on any atom is -0.399 e. The molecule has 0 amide bonds. The van der Waals surface area contributed by atoms with Gasteiger partial charge in [-0.05, 0) is 48.9 Å². The van der Waals surface area contributed by atoms with Crippen LogP contribution in [0.2, 0.25) is 0 Å². The predicted octanol–water partition coefficient (Wildman–Crippen LogP) is 3.00. The number of carbonyl (C=O) groups excluding carboxylic acids is 1. The molecule has 1 atom stereocenters. The summed E-state index contributed by atoms with van der Waals surface area (Å²) in [6.45, 7) is 2.41. The molecule has 2 aromatic rings. The molecule has 2 aromatic carbocycles. The Bertz CT molecular complexity index is 795. The number of aryl methyl sites for hydroxylation is 1. The molecule has 4 rings (SSSR count). The number of anilines is 1. The van der Waals surface area contributed by atoms with Crippen LogP contribution >= 0.6 is 0 Å². The summed E-state index contributed by atoms with van der Waals surface area (Å²) in [5.74, 6) is 0.259. The standard InChI is InChI=1S/C22H26N2O2/c23-19-9-8-16-6-7-17(21(25)20(16)14-19)15-24-12-10-22(26,11-13-24)18-4-2-1-3-5-18/h1-5,8-9,14,17,26H,6-7,10-13,15,23H2. The van der Waals surface area contributed by atoms with Crippen molar-refractivity contribution in [1.29, 1.82) is 0 Å². The van der Waals surface area contributed by atoms with Gasteiger partial charge in [0.25, 0.3) is 0 Å². The number of Topliss-reactive ketones (excluding diaryl/α,β-unsaturated/α-hetero) is 1. The fourth-order valence-corrected chi connectivity index (χ4v) is 4.35. The lowest BCUT2D eigenvalue weighted by Gasteiger charge is -2.40. The molecule has 4 nitrogen and oxygen atoms in total. The molecule has 0 bridgehead atoms. The fourth-order valence-electron chi connectivity index (χ4n) is 4.35. The quantitative estimate of drug-likeness (QED) is 0.835. The monoisotopic (exact) mass is 350 g/mol.